The molecule has 0 bridgehead atoms. The highest BCUT2D eigenvalue weighted by Crippen LogP contribution is 2.14. The van der Waals surface area contributed by atoms with Gasteiger partial charge in [0, 0.05) is 30.3 Å². The topological polar surface area (TPSA) is 70.7 Å². The monoisotopic (exact) mass is 413 g/mol. The number of anilines is 1. The number of benzene rings is 2. The van der Waals surface area contributed by atoms with E-state index < -0.39 is 0 Å². The van der Waals surface area contributed by atoms with Crippen molar-refractivity contribution >= 4 is 29.4 Å². The number of aryl methyl sites for hydroxylation is 1. The fraction of sp³-hybridized carbons (Fsp3) is 0.364. The lowest BCUT2D eigenvalue weighted by Gasteiger charge is -2.26. The third kappa shape index (κ3) is 7.02. The van der Waals surface area contributed by atoms with Gasteiger partial charge in [0.2, 0.25) is 5.91 Å². The van der Waals surface area contributed by atoms with Crippen molar-refractivity contribution < 1.29 is 14.3 Å². The molecule has 1 fully saturated rings. The van der Waals surface area contributed by atoms with Crippen molar-refractivity contribution in [2.45, 2.75) is 13.3 Å². The molecular formula is C22H27N3O3S. The third-order valence-electron chi connectivity index (χ3n) is 4.58. The minimum atomic E-state index is -0.285. The van der Waals surface area contributed by atoms with Crippen LogP contribution in [0.5, 0.6) is 5.75 Å². The number of carbonyl (C=O) groups excluding carboxylic acids is 2. The molecule has 154 valence electrons. The van der Waals surface area contributed by atoms with Gasteiger partial charge in [0.15, 0.2) is 0 Å². The SMILES string of the molecule is Cc1cccc(OCCNC(=O)Nc2ccc(CC(=O)N3CCSCC3)cc2)c1. The van der Waals surface area contributed by atoms with Crippen molar-refractivity contribution in [3.63, 3.8) is 0 Å². The van der Waals surface area contributed by atoms with Crippen LogP contribution in [0.25, 0.3) is 0 Å². The van der Waals surface area contributed by atoms with Gasteiger partial charge in [0.25, 0.3) is 0 Å². The number of hydrogen-bond donors (Lipinski definition) is 2. The zero-order chi connectivity index (χ0) is 20.5. The molecule has 3 amide bonds. The highest BCUT2D eigenvalue weighted by molar-refractivity contribution is 7.99. The first-order chi connectivity index (χ1) is 14.1. The normalized spacial score (nSPS) is 13.6. The summed E-state index contributed by atoms with van der Waals surface area (Å²) < 4.78 is 5.61. The summed E-state index contributed by atoms with van der Waals surface area (Å²) >= 11 is 1.89. The number of nitrogens with zero attached hydrogens (tertiary/aromatic N) is 1. The smallest absolute Gasteiger partial charge is 0.319 e. The number of nitrogens with one attached hydrogen (secondary N) is 2. The molecule has 1 heterocycles. The van der Waals surface area contributed by atoms with Gasteiger partial charge >= 0.3 is 6.03 Å². The zero-order valence-electron chi connectivity index (χ0n) is 16.6. The zero-order valence-corrected chi connectivity index (χ0v) is 17.5. The largest absolute Gasteiger partial charge is 0.492 e. The standard InChI is InChI=1S/C22H27N3O3S/c1-17-3-2-4-20(15-17)28-12-9-23-22(27)24-19-7-5-18(6-8-19)16-21(26)25-10-13-29-14-11-25/h2-8,15H,9-14,16H2,1H3,(H2,23,24,27). The first-order valence-corrected chi connectivity index (χ1v) is 10.9. The third-order valence-corrected chi connectivity index (χ3v) is 5.52. The van der Waals surface area contributed by atoms with Gasteiger partial charge in [-0.15, -0.1) is 0 Å². The van der Waals surface area contributed by atoms with Gasteiger partial charge < -0.3 is 20.3 Å². The molecular weight excluding hydrogens is 386 g/mol. The maximum Gasteiger partial charge on any atom is 0.319 e. The van der Waals surface area contributed by atoms with Crippen molar-refractivity contribution in [1.82, 2.24) is 10.2 Å². The van der Waals surface area contributed by atoms with Crippen LogP contribution in [0.3, 0.4) is 0 Å². The van der Waals surface area contributed by atoms with E-state index in [2.05, 4.69) is 10.6 Å². The second kappa shape index (κ2) is 10.8. The Morgan fingerprint density at radius 1 is 1.10 bits per heavy atom. The van der Waals surface area contributed by atoms with Crippen LogP contribution in [0, 0.1) is 6.92 Å². The van der Waals surface area contributed by atoms with Crippen LogP contribution in [-0.2, 0) is 11.2 Å². The summed E-state index contributed by atoms with van der Waals surface area (Å²) in [6.07, 6.45) is 0.396. The molecule has 0 spiro atoms. The highest BCUT2D eigenvalue weighted by Gasteiger charge is 2.16. The maximum absolute atomic E-state index is 12.3. The van der Waals surface area contributed by atoms with Crippen LogP contribution < -0.4 is 15.4 Å². The predicted molar refractivity (Wildman–Crippen MR) is 118 cm³/mol. The van der Waals surface area contributed by atoms with Crippen LogP contribution in [0.2, 0.25) is 0 Å². The van der Waals surface area contributed by atoms with Gasteiger partial charge in [-0.05, 0) is 42.3 Å². The molecule has 2 aromatic carbocycles. The van der Waals surface area contributed by atoms with Crippen molar-refractivity contribution in [2.75, 3.05) is 43.1 Å². The molecule has 0 saturated carbocycles. The molecule has 1 saturated heterocycles. The molecule has 2 aromatic rings. The second-order valence-corrected chi connectivity index (χ2v) is 8.14. The van der Waals surface area contributed by atoms with Gasteiger partial charge in [-0.2, -0.15) is 11.8 Å². The molecule has 3 rings (SSSR count). The molecule has 1 aliphatic rings. The number of urea groups is 1. The van der Waals surface area contributed by atoms with Crippen LogP contribution >= 0.6 is 11.8 Å². The van der Waals surface area contributed by atoms with Crippen LogP contribution in [0.15, 0.2) is 48.5 Å². The second-order valence-electron chi connectivity index (χ2n) is 6.91. The van der Waals surface area contributed by atoms with Gasteiger partial charge in [0.1, 0.15) is 12.4 Å². The average Bonchev–Trinajstić information content (AvgIpc) is 2.73. The van der Waals surface area contributed by atoms with Gasteiger partial charge in [0.05, 0.1) is 13.0 Å². The van der Waals surface area contributed by atoms with E-state index in [1.54, 1.807) is 0 Å². The lowest BCUT2D eigenvalue weighted by atomic mass is 10.1. The number of amides is 3. The van der Waals surface area contributed by atoms with E-state index in [1.165, 1.54) is 0 Å². The molecule has 7 heteroatoms. The molecule has 0 aliphatic carbocycles. The Balaban J connectivity index is 1.37. The van der Waals surface area contributed by atoms with E-state index in [9.17, 15) is 9.59 Å². The van der Waals surface area contributed by atoms with E-state index in [-0.39, 0.29) is 11.9 Å². The molecule has 0 radical (unpaired) electrons. The Morgan fingerprint density at radius 3 is 2.59 bits per heavy atom. The molecule has 2 N–H and O–H groups in total. The van der Waals surface area contributed by atoms with E-state index in [4.69, 9.17) is 4.74 Å². The summed E-state index contributed by atoms with van der Waals surface area (Å²) in [6, 6.07) is 14.9. The van der Waals surface area contributed by atoms with E-state index in [0.717, 1.165) is 41.5 Å². The Morgan fingerprint density at radius 2 is 1.86 bits per heavy atom. The lowest BCUT2D eigenvalue weighted by Crippen LogP contribution is -2.38. The summed E-state index contributed by atoms with van der Waals surface area (Å²) in [5.41, 5.74) is 2.77. The summed E-state index contributed by atoms with van der Waals surface area (Å²) in [5, 5.41) is 5.56. The van der Waals surface area contributed by atoms with Crippen LogP contribution in [0.1, 0.15) is 11.1 Å². The van der Waals surface area contributed by atoms with E-state index in [1.807, 2.05) is 72.1 Å². The van der Waals surface area contributed by atoms with Gasteiger partial charge in [-0.3, -0.25) is 4.79 Å². The van der Waals surface area contributed by atoms with Crippen molar-refractivity contribution in [3.05, 3.63) is 59.7 Å². The fourth-order valence-corrected chi connectivity index (χ4v) is 3.92. The van der Waals surface area contributed by atoms with Crippen LogP contribution in [0.4, 0.5) is 10.5 Å². The van der Waals surface area contributed by atoms with Crippen LogP contribution in [-0.4, -0.2) is 54.6 Å². The number of rotatable bonds is 7. The van der Waals surface area contributed by atoms with Gasteiger partial charge in [-0.1, -0.05) is 24.3 Å². The van der Waals surface area contributed by atoms with Crippen molar-refractivity contribution in [3.8, 4) is 5.75 Å². The summed E-state index contributed by atoms with van der Waals surface area (Å²) in [7, 11) is 0. The Bertz CT molecular complexity index is 820. The number of thioether (sulfide) groups is 1. The number of hydrogen-bond acceptors (Lipinski definition) is 4. The first-order valence-electron chi connectivity index (χ1n) is 9.79. The first kappa shape index (κ1) is 21.0. The van der Waals surface area contributed by atoms with E-state index in [0.29, 0.717) is 25.3 Å². The van der Waals surface area contributed by atoms with Gasteiger partial charge in [-0.25, -0.2) is 4.79 Å². The average molecular weight is 414 g/mol. The molecule has 6 nitrogen and oxygen atoms in total. The Labute approximate surface area is 176 Å². The summed E-state index contributed by atoms with van der Waals surface area (Å²) in [5.74, 6) is 2.98. The lowest BCUT2D eigenvalue weighted by molar-refractivity contribution is -0.130. The maximum atomic E-state index is 12.3. The van der Waals surface area contributed by atoms with E-state index >= 15 is 0 Å². The minimum absolute atomic E-state index is 0.164. The Hall–Kier alpha value is -2.67. The molecule has 0 aromatic heterocycles. The number of ether oxygens (including phenoxy) is 1. The predicted octanol–water partition coefficient (Wildman–Crippen LogP) is 3.31. The van der Waals surface area contributed by atoms with Crippen molar-refractivity contribution in [1.29, 1.82) is 0 Å². The quantitative estimate of drug-likeness (QED) is 0.683. The summed E-state index contributed by atoms with van der Waals surface area (Å²) in [4.78, 5) is 26.3. The fourth-order valence-electron chi connectivity index (χ4n) is 3.02. The highest BCUT2D eigenvalue weighted by atomic mass is 32.2. The number of carbonyl (C=O) groups is 2. The minimum Gasteiger partial charge on any atom is -0.492 e. The molecule has 0 atom stereocenters. The molecule has 1 aliphatic heterocycles. The Kier molecular flexibility index (Phi) is 7.81. The van der Waals surface area contributed by atoms with Crippen molar-refractivity contribution in [2.24, 2.45) is 0 Å². The summed E-state index contributed by atoms with van der Waals surface area (Å²) in [6.45, 7) is 4.47. The molecule has 0 unspecified atom stereocenters. The molecule has 29 heavy (non-hydrogen) atoms.